The lowest BCUT2D eigenvalue weighted by molar-refractivity contribution is -0.141. The summed E-state index contributed by atoms with van der Waals surface area (Å²) in [5, 5.41) is 12.5. The summed E-state index contributed by atoms with van der Waals surface area (Å²) >= 11 is 0. The van der Waals surface area contributed by atoms with E-state index in [0.717, 1.165) is 6.42 Å². The Morgan fingerprint density at radius 2 is 1.94 bits per heavy atom. The van der Waals surface area contributed by atoms with Crippen molar-refractivity contribution in [3.8, 4) is 0 Å². The van der Waals surface area contributed by atoms with Gasteiger partial charge < -0.3 is 10.8 Å². The zero-order chi connectivity index (χ0) is 13.4. The molecule has 0 aromatic rings. The Labute approximate surface area is 101 Å². The second kappa shape index (κ2) is 7.65. The lowest BCUT2D eigenvalue weighted by atomic mass is 9.89. The molecule has 0 heterocycles. The zero-order valence-electron chi connectivity index (χ0n) is 10.5. The number of amides is 2. The van der Waals surface area contributed by atoms with E-state index >= 15 is 0 Å². The third kappa shape index (κ3) is 7.32. The van der Waals surface area contributed by atoms with Crippen LogP contribution in [-0.4, -0.2) is 23.3 Å². The van der Waals surface area contributed by atoms with Crippen molar-refractivity contribution < 1.29 is 14.7 Å². The molecule has 0 saturated carbocycles. The molecule has 0 aromatic heterocycles. The quantitative estimate of drug-likeness (QED) is 0.465. The maximum Gasteiger partial charge on any atom is 0.332 e. The summed E-state index contributed by atoms with van der Waals surface area (Å²) in [6, 6.07) is -0.706. The van der Waals surface area contributed by atoms with Crippen LogP contribution < -0.4 is 11.2 Å². The fourth-order valence-corrected chi connectivity index (χ4v) is 1.34. The van der Waals surface area contributed by atoms with Crippen LogP contribution in [0, 0.1) is 17.8 Å². The van der Waals surface area contributed by atoms with Crippen LogP contribution in [0.25, 0.3) is 0 Å². The topological polar surface area (TPSA) is 105 Å². The first-order valence-corrected chi connectivity index (χ1v) is 5.66. The first-order chi connectivity index (χ1) is 7.84. The third-order valence-electron chi connectivity index (χ3n) is 2.65. The molecule has 0 bridgehead atoms. The minimum absolute atomic E-state index is 0.128. The number of carboxylic acids is 1. The van der Waals surface area contributed by atoms with E-state index < -0.39 is 12.0 Å². The normalized spacial score (nSPS) is 14.8. The average molecular weight is 243 g/mol. The van der Waals surface area contributed by atoms with Crippen molar-refractivity contribution >= 4 is 18.2 Å². The second-order valence-electron chi connectivity index (χ2n) is 4.48. The molecule has 2 unspecified atom stereocenters. The lowest BCUT2D eigenvalue weighted by Crippen LogP contribution is -2.25. The molecule has 0 rings (SSSR count). The van der Waals surface area contributed by atoms with Gasteiger partial charge in [-0.15, -0.1) is 0 Å². The van der Waals surface area contributed by atoms with E-state index in [1.54, 1.807) is 13.1 Å². The third-order valence-corrected chi connectivity index (χ3v) is 2.65. The summed E-state index contributed by atoms with van der Waals surface area (Å²) in [6.07, 6.45) is 2.92. The molecule has 98 valence electrons. The van der Waals surface area contributed by atoms with Crippen LogP contribution in [-0.2, 0) is 4.79 Å². The van der Waals surface area contributed by atoms with Gasteiger partial charge in [0.05, 0.1) is 5.92 Å². The second-order valence-corrected chi connectivity index (χ2v) is 4.48. The molecule has 0 fully saturated rings. The summed E-state index contributed by atoms with van der Waals surface area (Å²) < 4.78 is 0. The predicted octanol–water partition coefficient (Wildman–Crippen LogP) is 1.41. The Morgan fingerprint density at radius 3 is 2.35 bits per heavy atom. The van der Waals surface area contributed by atoms with Crippen molar-refractivity contribution in [2.75, 3.05) is 0 Å². The number of rotatable bonds is 7. The molecule has 0 aromatic carbocycles. The van der Waals surface area contributed by atoms with Gasteiger partial charge in [0.15, 0.2) is 0 Å². The van der Waals surface area contributed by atoms with Gasteiger partial charge in [0.25, 0.3) is 0 Å². The van der Waals surface area contributed by atoms with Crippen molar-refractivity contribution in [1.29, 1.82) is 0 Å². The largest absolute Gasteiger partial charge is 0.481 e. The van der Waals surface area contributed by atoms with Crippen molar-refractivity contribution in [2.45, 2.75) is 33.6 Å². The molecule has 17 heavy (non-hydrogen) atoms. The number of carbonyl (C=O) groups excluding carboxylic acids is 1. The smallest absolute Gasteiger partial charge is 0.332 e. The van der Waals surface area contributed by atoms with Crippen molar-refractivity contribution in [2.24, 2.45) is 28.6 Å². The number of hydrogen-bond acceptors (Lipinski definition) is 3. The lowest BCUT2D eigenvalue weighted by Gasteiger charge is -2.17. The van der Waals surface area contributed by atoms with Crippen LogP contribution in [0.5, 0.6) is 0 Å². The van der Waals surface area contributed by atoms with Crippen LogP contribution >= 0.6 is 0 Å². The maximum atomic E-state index is 10.7. The highest BCUT2D eigenvalue weighted by Gasteiger charge is 2.16. The monoisotopic (exact) mass is 243 g/mol. The van der Waals surface area contributed by atoms with E-state index in [2.05, 4.69) is 10.5 Å². The summed E-state index contributed by atoms with van der Waals surface area (Å²) in [4.78, 5) is 21.1. The molecule has 0 spiro atoms. The Kier molecular flexibility index (Phi) is 6.93. The average Bonchev–Trinajstić information content (AvgIpc) is 2.21. The van der Waals surface area contributed by atoms with Crippen LogP contribution in [0.4, 0.5) is 4.79 Å². The summed E-state index contributed by atoms with van der Waals surface area (Å²) in [5.41, 5.74) is 7.01. The summed E-state index contributed by atoms with van der Waals surface area (Å²) in [7, 11) is 0. The minimum atomic E-state index is -0.792. The van der Waals surface area contributed by atoms with Crippen LogP contribution in [0.2, 0.25) is 0 Å². The number of primary amides is 1. The molecule has 0 radical (unpaired) electrons. The molecule has 2 amide bonds. The fourth-order valence-electron chi connectivity index (χ4n) is 1.34. The Balaban J connectivity index is 4.20. The SMILES string of the molecule is CC(CCC(/C=N/NC(N)=O)C(C)C)C(=O)O. The number of nitrogens with one attached hydrogen (secondary N) is 1. The highest BCUT2D eigenvalue weighted by atomic mass is 16.4. The van der Waals surface area contributed by atoms with Gasteiger partial charge >= 0.3 is 12.0 Å². The highest BCUT2D eigenvalue weighted by molar-refractivity contribution is 5.73. The minimum Gasteiger partial charge on any atom is -0.481 e. The van der Waals surface area contributed by atoms with E-state index in [9.17, 15) is 9.59 Å². The van der Waals surface area contributed by atoms with Gasteiger partial charge in [-0.1, -0.05) is 20.8 Å². The first-order valence-electron chi connectivity index (χ1n) is 5.66. The van der Waals surface area contributed by atoms with E-state index in [4.69, 9.17) is 10.8 Å². The molecule has 0 aliphatic heterocycles. The fraction of sp³-hybridized carbons (Fsp3) is 0.727. The van der Waals surface area contributed by atoms with Crippen molar-refractivity contribution in [1.82, 2.24) is 5.43 Å². The molecule has 6 nitrogen and oxygen atoms in total. The number of carbonyl (C=O) groups is 2. The van der Waals surface area contributed by atoms with Gasteiger partial charge in [0.1, 0.15) is 0 Å². The Bertz CT molecular complexity index is 290. The molecule has 6 heteroatoms. The van der Waals surface area contributed by atoms with Crippen LogP contribution in [0.1, 0.15) is 33.6 Å². The number of hydrogen-bond donors (Lipinski definition) is 3. The van der Waals surface area contributed by atoms with Crippen LogP contribution in [0.3, 0.4) is 0 Å². The number of carboxylic acid groups (broad SMARTS) is 1. The summed E-state index contributed by atoms with van der Waals surface area (Å²) in [6.45, 7) is 5.72. The molecule has 4 N–H and O–H groups in total. The van der Waals surface area contributed by atoms with Gasteiger partial charge in [-0.05, 0) is 24.7 Å². The van der Waals surface area contributed by atoms with Gasteiger partial charge in [-0.3, -0.25) is 4.79 Å². The van der Waals surface area contributed by atoms with E-state index in [0.29, 0.717) is 12.3 Å². The molecular formula is C11H21N3O3. The molecule has 0 aliphatic carbocycles. The zero-order valence-corrected chi connectivity index (χ0v) is 10.5. The number of nitrogens with two attached hydrogens (primary N) is 1. The Morgan fingerprint density at radius 1 is 1.35 bits per heavy atom. The van der Waals surface area contributed by atoms with E-state index in [1.165, 1.54) is 0 Å². The molecular weight excluding hydrogens is 222 g/mol. The van der Waals surface area contributed by atoms with Gasteiger partial charge in [0, 0.05) is 6.21 Å². The van der Waals surface area contributed by atoms with E-state index in [-0.39, 0.29) is 11.8 Å². The standard InChI is InChI=1S/C11H21N3O3/c1-7(2)9(6-13-14-11(12)17)5-4-8(3)10(15)16/h6-9H,4-5H2,1-3H3,(H,15,16)(H3,12,14,17)/b13-6+. The summed E-state index contributed by atoms with van der Waals surface area (Å²) in [5.74, 6) is -0.702. The van der Waals surface area contributed by atoms with Crippen molar-refractivity contribution in [3.05, 3.63) is 0 Å². The Hall–Kier alpha value is -1.59. The number of aliphatic carboxylic acids is 1. The van der Waals surface area contributed by atoms with Gasteiger partial charge in [-0.2, -0.15) is 5.10 Å². The number of hydrazone groups is 1. The number of nitrogens with zero attached hydrogens (tertiary/aromatic N) is 1. The molecule has 2 atom stereocenters. The number of urea groups is 1. The van der Waals surface area contributed by atoms with Gasteiger partial charge in [0.2, 0.25) is 0 Å². The molecule has 0 saturated heterocycles. The maximum absolute atomic E-state index is 10.7. The van der Waals surface area contributed by atoms with Gasteiger partial charge in [-0.25, -0.2) is 10.2 Å². The highest BCUT2D eigenvalue weighted by Crippen LogP contribution is 2.18. The van der Waals surface area contributed by atoms with E-state index in [1.807, 2.05) is 13.8 Å². The van der Waals surface area contributed by atoms with Crippen LogP contribution in [0.15, 0.2) is 5.10 Å². The van der Waals surface area contributed by atoms with Crippen molar-refractivity contribution in [3.63, 3.8) is 0 Å². The first kappa shape index (κ1) is 15.4. The predicted molar refractivity (Wildman–Crippen MR) is 65.6 cm³/mol. The molecule has 0 aliphatic rings.